The Bertz CT molecular complexity index is 368. The van der Waals surface area contributed by atoms with E-state index in [-0.39, 0.29) is 6.61 Å². The van der Waals surface area contributed by atoms with Crippen molar-refractivity contribution in [2.75, 3.05) is 25.2 Å². The first kappa shape index (κ1) is 15.5. The van der Waals surface area contributed by atoms with Crippen molar-refractivity contribution in [3.05, 3.63) is 34.9 Å². The Labute approximate surface area is 115 Å². The SMILES string of the molecule is CNC(CSCC(C)CO)c1ccc(C)cc1C. The van der Waals surface area contributed by atoms with Crippen molar-refractivity contribution in [1.82, 2.24) is 5.32 Å². The molecule has 0 heterocycles. The van der Waals surface area contributed by atoms with Crippen molar-refractivity contribution in [2.24, 2.45) is 5.92 Å². The molecule has 2 atom stereocenters. The van der Waals surface area contributed by atoms with Crippen molar-refractivity contribution in [1.29, 1.82) is 0 Å². The van der Waals surface area contributed by atoms with Crippen molar-refractivity contribution in [3.8, 4) is 0 Å². The average molecular weight is 267 g/mol. The molecule has 0 amide bonds. The van der Waals surface area contributed by atoms with Gasteiger partial charge in [-0.15, -0.1) is 0 Å². The molecular weight excluding hydrogens is 242 g/mol. The van der Waals surface area contributed by atoms with Crippen LogP contribution < -0.4 is 5.32 Å². The van der Waals surface area contributed by atoms with E-state index in [0.717, 1.165) is 11.5 Å². The van der Waals surface area contributed by atoms with E-state index in [0.29, 0.717) is 12.0 Å². The number of aliphatic hydroxyl groups excluding tert-OH is 1. The van der Waals surface area contributed by atoms with Crippen LogP contribution in [-0.4, -0.2) is 30.3 Å². The Morgan fingerprint density at radius 2 is 2.00 bits per heavy atom. The van der Waals surface area contributed by atoms with E-state index in [9.17, 15) is 0 Å². The predicted molar refractivity (Wildman–Crippen MR) is 81.3 cm³/mol. The van der Waals surface area contributed by atoms with Gasteiger partial charge >= 0.3 is 0 Å². The van der Waals surface area contributed by atoms with Crippen LogP contribution in [0.1, 0.15) is 29.7 Å². The first-order chi connectivity index (χ1) is 8.58. The molecule has 3 heteroatoms. The van der Waals surface area contributed by atoms with Gasteiger partial charge in [-0.05, 0) is 43.7 Å². The maximum absolute atomic E-state index is 9.02. The molecule has 0 aliphatic rings. The fraction of sp³-hybridized carbons (Fsp3) is 0.600. The Morgan fingerprint density at radius 1 is 1.28 bits per heavy atom. The normalized spacial score (nSPS) is 14.5. The molecule has 0 aliphatic heterocycles. The molecule has 0 aromatic heterocycles. The number of aryl methyl sites for hydroxylation is 2. The van der Waals surface area contributed by atoms with Crippen LogP contribution in [0.25, 0.3) is 0 Å². The lowest BCUT2D eigenvalue weighted by molar-refractivity contribution is 0.250. The molecule has 0 aliphatic carbocycles. The summed E-state index contributed by atoms with van der Waals surface area (Å²) in [6.07, 6.45) is 0. The van der Waals surface area contributed by atoms with Crippen molar-refractivity contribution >= 4 is 11.8 Å². The van der Waals surface area contributed by atoms with Crippen LogP contribution in [0.2, 0.25) is 0 Å². The van der Waals surface area contributed by atoms with Crippen molar-refractivity contribution in [2.45, 2.75) is 26.8 Å². The average Bonchev–Trinajstić information content (AvgIpc) is 2.35. The van der Waals surface area contributed by atoms with Crippen LogP contribution in [0.15, 0.2) is 18.2 Å². The molecule has 0 saturated carbocycles. The predicted octanol–water partition coefficient (Wildman–Crippen LogP) is 2.93. The largest absolute Gasteiger partial charge is 0.396 e. The zero-order valence-electron chi connectivity index (χ0n) is 11.9. The first-order valence-electron chi connectivity index (χ1n) is 6.51. The number of aliphatic hydroxyl groups is 1. The summed E-state index contributed by atoms with van der Waals surface area (Å²) in [7, 11) is 2.01. The maximum atomic E-state index is 9.02. The van der Waals surface area contributed by atoms with Gasteiger partial charge in [-0.1, -0.05) is 30.7 Å². The summed E-state index contributed by atoms with van der Waals surface area (Å²) >= 11 is 1.90. The molecule has 1 rings (SSSR count). The van der Waals surface area contributed by atoms with Crippen LogP contribution in [0.3, 0.4) is 0 Å². The molecule has 0 fully saturated rings. The Kier molecular flexibility index (Phi) is 6.76. The summed E-state index contributed by atoms with van der Waals surface area (Å²) in [5, 5.41) is 12.4. The standard InChI is InChI=1S/C15H25NOS/c1-11-5-6-14(13(3)7-11)15(16-4)10-18-9-12(2)8-17/h5-7,12,15-17H,8-10H2,1-4H3. The van der Waals surface area contributed by atoms with E-state index in [2.05, 4.69) is 44.3 Å². The van der Waals surface area contributed by atoms with Crippen LogP contribution >= 0.6 is 11.8 Å². The van der Waals surface area contributed by atoms with Crippen molar-refractivity contribution < 1.29 is 5.11 Å². The summed E-state index contributed by atoms with van der Waals surface area (Å²) in [5.41, 5.74) is 4.05. The van der Waals surface area contributed by atoms with Gasteiger partial charge in [-0.3, -0.25) is 0 Å². The minimum Gasteiger partial charge on any atom is -0.396 e. The Morgan fingerprint density at radius 3 is 2.56 bits per heavy atom. The molecular formula is C15H25NOS. The number of nitrogens with one attached hydrogen (secondary N) is 1. The molecule has 0 bridgehead atoms. The summed E-state index contributed by atoms with van der Waals surface area (Å²) in [5.74, 6) is 2.44. The molecule has 1 aromatic rings. The number of thioether (sulfide) groups is 1. The van der Waals surface area contributed by atoms with E-state index < -0.39 is 0 Å². The lowest BCUT2D eigenvalue weighted by Gasteiger charge is -2.19. The van der Waals surface area contributed by atoms with E-state index in [1.54, 1.807) is 0 Å². The highest BCUT2D eigenvalue weighted by molar-refractivity contribution is 7.99. The van der Waals surface area contributed by atoms with Gasteiger partial charge in [0, 0.05) is 18.4 Å². The van der Waals surface area contributed by atoms with Gasteiger partial charge in [-0.2, -0.15) is 11.8 Å². The van der Waals surface area contributed by atoms with E-state index >= 15 is 0 Å². The molecule has 102 valence electrons. The highest BCUT2D eigenvalue weighted by atomic mass is 32.2. The third-order valence-electron chi connectivity index (χ3n) is 3.15. The smallest absolute Gasteiger partial charge is 0.0464 e. The van der Waals surface area contributed by atoms with E-state index in [1.807, 2.05) is 18.8 Å². The second-order valence-electron chi connectivity index (χ2n) is 5.03. The van der Waals surface area contributed by atoms with Crippen molar-refractivity contribution in [3.63, 3.8) is 0 Å². The molecule has 0 spiro atoms. The summed E-state index contributed by atoms with van der Waals surface area (Å²) in [4.78, 5) is 0. The topological polar surface area (TPSA) is 32.3 Å². The monoisotopic (exact) mass is 267 g/mol. The lowest BCUT2D eigenvalue weighted by atomic mass is 10.0. The third kappa shape index (κ3) is 4.63. The molecule has 2 nitrogen and oxygen atoms in total. The fourth-order valence-electron chi connectivity index (χ4n) is 1.98. The van der Waals surface area contributed by atoms with E-state index in [1.165, 1.54) is 16.7 Å². The number of benzene rings is 1. The minimum atomic E-state index is 0.279. The second kappa shape index (κ2) is 7.82. The van der Waals surface area contributed by atoms with Crippen LogP contribution in [0.5, 0.6) is 0 Å². The maximum Gasteiger partial charge on any atom is 0.0464 e. The molecule has 2 N–H and O–H groups in total. The quantitative estimate of drug-likeness (QED) is 0.797. The summed E-state index contributed by atoms with van der Waals surface area (Å²) in [6, 6.07) is 7.03. The Hall–Kier alpha value is -0.510. The molecule has 0 radical (unpaired) electrons. The third-order valence-corrected chi connectivity index (χ3v) is 4.52. The zero-order valence-corrected chi connectivity index (χ0v) is 12.7. The van der Waals surface area contributed by atoms with Crippen LogP contribution in [0.4, 0.5) is 0 Å². The van der Waals surface area contributed by atoms with Gasteiger partial charge in [0.05, 0.1) is 0 Å². The number of hydrogen-bond acceptors (Lipinski definition) is 3. The molecule has 2 unspecified atom stereocenters. The van der Waals surface area contributed by atoms with E-state index in [4.69, 9.17) is 5.11 Å². The Balaban J connectivity index is 2.60. The molecule has 18 heavy (non-hydrogen) atoms. The van der Waals surface area contributed by atoms with Crippen LogP contribution in [-0.2, 0) is 0 Å². The van der Waals surface area contributed by atoms with Gasteiger partial charge in [0.1, 0.15) is 0 Å². The fourth-order valence-corrected chi connectivity index (χ4v) is 3.21. The highest BCUT2D eigenvalue weighted by Crippen LogP contribution is 2.23. The summed E-state index contributed by atoms with van der Waals surface area (Å²) < 4.78 is 0. The highest BCUT2D eigenvalue weighted by Gasteiger charge is 2.12. The van der Waals surface area contributed by atoms with Crippen LogP contribution in [0, 0.1) is 19.8 Å². The first-order valence-corrected chi connectivity index (χ1v) is 7.67. The van der Waals surface area contributed by atoms with Gasteiger partial charge in [-0.25, -0.2) is 0 Å². The zero-order chi connectivity index (χ0) is 13.5. The van der Waals surface area contributed by atoms with Gasteiger partial charge in [0.25, 0.3) is 0 Å². The van der Waals surface area contributed by atoms with Gasteiger partial charge in [0.15, 0.2) is 0 Å². The molecule has 1 aromatic carbocycles. The van der Waals surface area contributed by atoms with Gasteiger partial charge in [0.2, 0.25) is 0 Å². The second-order valence-corrected chi connectivity index (χ2v) is 6.10. The minimum absolute atomic E-state index is 0.279. The number of hydrogen-bond donors (Lipinski definition) is 2. The molecule has 0 saturated heterocycles. The van der Waals surface area contributed by atoms with Gasteiger partial charge < -0.3 is 10.4 Å². The summed E-state index contributed by atoms with van der Waals surface area (Å²) in [6.45, 7) is 6.66. The number of rotatable bonds is 7. The lowest BCUT2D eigenvalue weighted by Crippen LogP contribution is -2.20.